The van der Waals surface area contributed by atoms with E-state index in [0.29, 0.717) is 15.6 Å². The van der Waals surface area contributed by atoms with Crippen LogP contribution in [0.25, 0.3) is 22.3 Å². The molecule has 3 aromatic rings. The Morgan fingerprint density at radius 2 is 1.95 bits per heavy atom. The Balaban J connectivity index is 2.19. The Kier molecular flexibility index (Phi) is 3.70. The van der Waals surface area contributed by atoms with Crippen molar-refractivity contribution in [3.8, 4) is 11.3 Å². The maximum absolute atomic E-state index is 6.16. The van der Waals surface area contributed by atoms with Crippen LogP contribution >= 0.6 is 23.2 Å². The summed E-state index contributed by atoms with van der Waals surface area (Å²) in [7, 11) is 1.91. The number of para-hydroxylation sites is 1. The maximum Gasteiger partial charge on any atom is 0.153 e. The van der Waals surface area contributed by atoms with Crippen LogP contribution in [0.15, 0.2) is 46.9 Å². The average molecular weight is 306 g/mol. The molecule has 0 atom stereocenters. The van der Waals surface area contributed by atoms with E-state index >= 15 is 0 Å². The third-order valence-corrected chi connectivity index (χ3v) is 3.73. The van der Waals surface area contributed by atoms with Gasteiger partial charge in [0.1, 0.15) is 5.76 Å². The molecule has 0 radical (unpaired) electrons. The largest absolute Gasteiger partial charge is 0.455 e. The van der Waals surface area contributed by atoms with Crippen molar-refractivity contribution >= 4 is 34.2 Å². The molecule has 0 spiro atoms. The minimum absolute atomic E-state index is 0.617. The van der Waals surface area contributed by atoms with Crippen molar-refractivity contribution in [2.75, 3.05) is 7.05 Å². The second-order valence-corrected chi connectivity index (χ2v) is 5.44. The van der Waals surface area contributed by atoms with Gasteiger partial charge in [0.15, 0.2) is 5.58 Å². The van der Waals surface area contributed by atoms with Crippen molar-refractivity contribution in [1.82, 2.24) is 5.32 Å². The quantitative estimate of drug-likeness (QED) is 0.726. The van der Waals surface area contributed by atoms with Gasteiger partial charge in [0.2, 0.25) is 0 Å². The molecule has 0 fully saturated rings. The summed E-state index contributed by atoms with van der Waals surface area (Å²) in [6, 6.07) is 13.5. The third kappa shape index (κ3) is 2.42. The minimum Gasteiger partial charge on any atom is -0.455 e. The number of hydrogen-bond acceptors (Lipinski definition) is 2. The fraction of sp³-hybridized carbons (Fsp3) is 0.125. The lowest BCUT2D eigenvalue weighted by molar-refractivity contribution is 0.630. The highest BCUT2D eigenvalue weighted by molar-refractivity contribution is 6.34. The first kappa shape index (κ1) is 13.5. The lowest BCUT2D eigenvalue weighted by Crippen LogP contribution is -2.06. The van der Waals surface area contributed by atoms with Crippen LogP contribution in [0.4, 0.5) is 0 Å². The molecule has 0 amide bonds. The molecule has 102 valence electrons. The van der Waals surface area contributed by atoms with Crippen LogP contribution in [0.5, 0.6) is 0 Å². The van der Waals surface area contributed by atoms with Gasteiger partial charge in [-0.2, -0.15) is 0 Å². The number of furan rings is 1. The van der Waals surface area contributed by atoms with Crippen molar-refractivity contribution in [3.05, 3.63) is 58.1 Å². The predicted molar refractivity (Wildman–Crippen MR) is 84.4 cm³/mol. The second kappa shape index (κ2) is 5.49. The summed E-state index contributed by atoms with van der Waals surface area (Å²) in [5.74, 6) is 0.779. The van der Waals surface area contributed by atoms with Gasteiger partial charge >= 0.3 is 0 Å². The van der Waals surface area contributed by atoms with Crippen molar-refractivity contribution in [3.63, 3.8) is 0 Å². The zero-order valence-corrected chi connectivity index (χ0v) is 12.4. The number of halogens is 2. The summed E-state index contributed by atoms with van der Waals surface area (Å²) in [5.41, 5.74) is 2.82. The fourth-order valence-corrected chi connectivity index (χ4v) is 2.68. The van der Waals surface area contributed by atoms with Gasteiger partial charge in [-0.15, -0.1) is 0 Å². The topological polar surface area (TPSA) is 25.2 Å². The standard InChI is InChI=1S/C16H13Cl2NO/c1-19-9-11-5-6-12(17)8-13(11)15-7-10-3-2-4-14(18)16(10)20-15/h2-8,19H,9H2,1H3. The molecule has 1 N–H and O–H groups in total. The number of hydrogen-bond donors (Lipinski definition) is 1. The van der Waals surface area contributed by atoms with E-state index in [2.05, 4.69) is 5.32 Å². The highest BCUT2D eigenvalue weighted by Gasteiger charge is 2.12. The van der Waals surface area contributed by atoms with E-state index in [1.54, 1.807) is 0 Å². The first-order valence-corrected chi connectivity index (χ1v) is 7.06. The third-order valence-electron chi connectivity index (χ3n) is 3.20. The first-order chi connectivity index (χ1) is 9.69. The Morgan fingerprint density at radius 1 is 1.10 bits per heavy atom. The van der Waals surface area contributed by atoms with E-state index in [-0.39, 0.29) is 0 Å². The van der Waals surface area contributed by atoms with Crippen molar-refractivity contribution in [2.45, 2.75) is 6.54 Å². The fourth-order valence-electron chi connectivity index (χ4n) is 2.28. The van der Waals surface area contributed by atoms with Gasteiger partial charge in [-0.05, 0) is 36.9 Å². The minimum atomic E-state index is 0.617. The summed E-state index contributed by atoms with van der Waals surface area (Å²) < 4.78 is 5.91. The molecule has 0 bridgehead atoms. The monoisotopic (exact) mass is 305 g/mol. The van der Waals surface area contributed by atoms with Gasteiger partial charge in [-0.25, -0.2) is 0 Å². The number of nitrogens with one attached hydrogen (secondary N) is 1. The van der Waals surface area contributed by atoms with Crippen LogP contribution in [0.1, 0.15) is 5.56 Å². The molecular formula is C16H13Cl2NO. The van der Waals surface area contributed by atoms with Gasteiger partial charge in [0, 0.05) is 22.5 Å². The molecule has 0 unspecified atom stereocenters. The second-order valence-electron chi connectivity index (χ2n) is 4.60. The smallest absolute Gasteiger partial charge is 0.153 e. The molecule has 0 saturated carbocycles. The van der Waals surface area contributed by atoms with E-state index in [9.17, 15) is 0 Å². The summed E-state index contributed by atoms with van der Waals surface area (Å²) in [6.07, 6.45) is 0. The SMILES string of the molecule is CNCc1ccc(Cl)cc1-c1cc2cccc(Cl)c2o1. The van der Waals surface area contributed by atoms with E-state index in [1.807, 2.05) is 49.5 Å². The zero-order valence-electron chi connectivity index (χ0n) is 10.9. The molecule has 0 aliphatic heterocycles. The number of benzene rings is 2. The summed E-state index contributed by atoms with van der Waals surface area (Å²) in [6.45, 7) is 0.747. The molecule has 0 aliphatic carbocycles. The molecule has 2 aromatic carbocycles. The lowest BCUT2D eigenvalue weighted by atomic mass is 10.0. The summed E-state index contributed by atoms with van der Waals surface area (Å²) in [4.78, 5) is 0. The van der Waals surface area contributed by atoms with Gasteiger partial charge in [-0.3, -0.25) is 0 Å². The van der Waals surface area contributed by atoms with E-state index < -0.39 is 0 Å². The molecular weight excluding hydrogens is 293 g/mol. The number of rotatable bonds is 3. The molecule has 4 heteroatoms. The lowest BCUT2D eigenvalue weighted by Gasteiger charge is -2.07. The van der Waals surface area contributed by atoms with Crippen LogP contribution < -0.4 is 5.32 Å². The Morgan fingerprint density at radius 3 is 2.70 bits per heavy atom. The van der Waals surface area contributed by atoms with E-state index in [1.165, 1.54) is 0 Å². The van der Waals surface area contributed by atoms with Crippen LogP contribution in [0.3, 0.4) is 0 Å². The summed E-state index contributed by atoms with van der Waals surface area (Å²) >= 11 is 12.3. The predicted octanol–water partition coefficient (Wildman–Crippen LogP) is 5.13. The average Bonchev–Trinajstić information content (AvgIpc) is 2.86. The summed E-state index contributed by atoms with van der Waals surface area (Å²) in [5, 5.41) is 5.44. The zero-order chi connectivity index (χ0) is 14.1. The Bertz CT molecular complexity index is 764. The highest BCUT2D eigenvalue weighted by atomic mass is 35.5. The van der Waals surface area contributed by atoms with E-state index in [4.69, 9.17) is 27.6 Å². The molecule has 0 aliphatic rings. The normalized spacial score (nSPS) is 11.2. The van der Waals surface area contributed by atoms with Crippen molar-refractivity contribution in [1.29, 1.82) is 0 Å². The first-order valence-electron chi connectivity index (χ1n) is 6.30. The van der Waals surface area contributed by atoms with Gasteiger partial charge in [-0.1, -0.05) is 41.4 Å². The van der Waals surface area contributed by atoms with Gasteiger partial charge in [0.25, 0.3) is 0 Å². The van der Waals surface area contributed by atoms with Crippen molar-refractivity contribution < 1.29 is 4.42 Å². The van der Waals surface area contributed by atoms with Gasteiger partial charge < -0.3 is 9.73 Å². The highest BCUT2D eigenvalue weighted by Crippen LogP contribution is 2.34. The Labute approximate surface area is 127 Å². The van der Waals surface area contributed by atoms with Crippen LogP contribution in [0.2, 0.25) is 10.0 Å². The van der Waals surface area contributed by atoms with Crippen LogP contribution in [-0.2, 0) is 6.54 Å². The molecule has 2 nitrogen and oxygen atoms in total. The molecule has 20 heavy (non-hydrogen) atoms. The molecule has 3 rings (SSSR count). The molecule has 1 heterocycles. The van der Waals surface area contributed by atoms with E-state index in [0.717, 1.165) is 28.8 Å². The van der Waals surface area contributed by atoms with Crippen molar-refractivity contribution in [2.24, 2.45) is 0 Å². The van der Waals surface area contributed by atoms with Crippen LogP contribution in [0, 0.1) is 0 Å². The number of fused-ring (bicyclic) bond motifs is 1. The molecule has 1 aromatic heterocycles. The molecule has 0 saturated heterocycles. The van der Waals surface area contributed by atoms with Gasteiger partial charge in [0.05, 0.1) is 5.02 Å². The van der Waals surface area contributed by atoms with Crippen LogP contribution in [-0.4, -0.2) is 7.05 Å². The maximum atomic E-state index is 6.16. The Hall–Kier alpha value is -1.48.